The molecule has 0 heterocycles. The normalized spacial score (nSPS) is 14.5. The summed E-state index contributed by atoms with van der Waals surface area (Å²) in [6.45, 7) is 0.259. The molecule has 8 heteroatoms. The molecule has 1 amide bonds. The molecule has 2 rings (SSSR count). The fourth-order valence-corrected chi connectivity index (χ4v) is 3.20. The van der Waals surface area contributed by atoms with Crippen LogP contribution in [0.15, 0.2) is 23.1 Å². The highest BCUT2D eigenvalue weighted by Gasteiger charge is 2.29. The Kier molecular flexibility index (Phi) is 4.83. The fraction of sp³-hybridized carbons (Fsp3) is 0.385. The van der Waals surface area contributed by atoms with Crippen LogP contribution in [0.3, 0.4) is 0 Å². The number of nitrogens with zero attached hydrogens (tertiary/aromatic N) is 1. The largest absolute Gasteiger partial charge is 0.355 e. The van der Waals surface area contributed by atoms with Crippen LogP contribution in [-0.4, -0.2) is 27.4 Å². The number of halogens is 1. The highest BCUT2D eigenvalue weighted by molar-refractivity contribution is 7.89. The van der Waals surface area contributed by atoms with E-state index in [1.165, 1.54) is 18.2 Å². The minimum atomic E-state index is -3.84. The number of rotatable bonds is 6. The first-order valence-corrected chi connectivity index (χ1v) is 8.27. The molecule has 21 heavy (non-hydrogen) atoms. The molecule has 0 aliphatic heterocycles. The molecule has 2 N–H and O–H groups in total. The van der Waals surface area contributed by atoms with Crippen LogP contribution in [-0.2, 0) is 14.8 Å². The van der Waals surface area contributed by atoms with Crippen LogP contribution in [0, 0.1) is 17.2 Å². The lowest BCUT2D eigenvalue weighted by Crippen LogP contribution is -2.35. The summed E-state index contributed by atoms with van der Waals surface area (Å²) in [6.07, 6.45) is 1.79. The first-order valence-electron chi connectivity index (χ1n) is 6.41. The van der Waals surface area contributed by atoms with E-state index in [1.807, 2.05) is 6.07 Å². The Balaban J connectivity index is 1.96. The summed E-state index contributed by atoms with van der Waals surface area (Å²) in [5, 5.41) is 11.8. The number of hydrogen-bond acceptors (Lipinski definition) is 4. The standard InChI is InChI=1S/C13H14ClN3O3S/c14-11-4-3-10(8-15)12(7-11)21(19,20)17-6-5-16-13(18)9-1-2-9/h3-4,7,9,17H,1-2,5-6H2,(H,16,18). The number of carbonyl (C=O) groups excluding carboxylic acids is 1. The molecule has 1 saturated carbocycles. The molecule has 1 aliphatic carbocycles. The first kappa shape index (κ1) is 15.8. The smallest absolute Gasteiger partial charge is 0.241 e. The molecule has 1 aliphatic rings. The number of nitrogens with one attached hydrogen (secondary N) is 2. The zero-order chi connectivity index (χ0) is 15.5. The van der Waals surface area contributed by atoms with Crippen LogP contribution in [0.2, 0.25) is 5.02 Å². The lowest BCUT2D eigenvalue weighted by molar-refractivity contribution is -0.122. The van der Waals surface area contributed by atoms with E-state index in [9.17, 15) is 13.2 Å². The Bertz CT molecular complexity index is 693. The van der Waals surface area contributed by atoms with E-state index in [0.29, 0.717) is 0 Å². The van der Waals surface area contributed by atoms with Crippen molar-refractivity contribution in [1.82, 2.24) is 10.0 Å². The van der Waals surface area contributed by atoms with Gasteiger partial charge in [0.25, 0.3) is 0 Å². The summed E-state index contributed by atoms with van der Waals surface area (Å²) in [7, 11) is -3.84. The second kappa shape index (κ2) is 6.43. The van der Waals surface area contributed by atoms with Crippen molar-refractivity contribution in [2.45, 2.75) is 17.7 Å². The van der Waals surface area contributed by atoms with Crippen molar-refractivity contribution in [1.29, 1.82) is 5.26 Å². The Hall–Kier alpha value is -1.62. The van der Waals surface area contributed by atoms with Crippen LogP contribution in [0.25, 0.3) is 0 Å². The SMILES string of the molecule is N#Cc1ccc(Cl)cc1S(=O)(=O)NCCNC(=O)C1CC1. The van der Waals surface area contributed by atoms with Gasteiger partial charge in [-0.25, -0.2) is 13.1 Å². The highest BCUT2D eigenvalue weighted by atomic mass is 35.5. The van der Waals surface area contributed by atoms with E-state index in [-0.39, 0.29) is 40.4 Å². The van der Waals surface area contributed by atoms with Gasteiger partial charge >= 0.3 is 0 Å². The summed E-state index contributed by atoms with van der Waals surface area (Å²) in [5.41, 5.74) is 0.0221. The van der Waals surface area contributed by atoms with Crippen molar-refractivity contribution in [3.8, 4) is 6.07 Å². The number of nitriles is 1. The zero-order valence-electron chi connectivity index (χ0n) is 11.1. The van der Waals surface area contributed by atoms with Gasteiger partial charge in [0, 0.05) is 24.0 Å². The number of benzene rings is 1. The average Bonchev–Trinajstić information content (AvgIpc) is 3.28. The average molecular weight is 328 g/mol. The third kappa shape index (κ3) is 4.17. The molecule has 0 saturated heterocycles. The topological polar surface area (TPSA) is 99.1 Å². The zero-order valence-corrected chi connectivity index (χ0v) is 12.7. The highest BCUT2D eigenvalue weighted by Crippen LogP contribution is 2.28. The predicted molar refractivity (Wildman–Crippen MR) is 77.1 cm³/mol. The molecule has 1 aromatic rings. The Morgan fingerprint density at radius 1 is 1.38 bits per heavy atom. The molecule has 0 radical (unpaired) electrons. The number of carbonyl (C=O) groups is 1. The summed E-state index contributed by atoms with van der Waals surface area (Å²) in [6, 6.07) is 5.85. The van der Waals surface area contributed by atoms with Gasteiger partial charge in [-0.15, -0.1) is 0 Å². The van der Waals surface area contributed by atoms with Gasteiger partial charge in [-0.1, -0.05) is 11.6 Å². The van der Waals surface area contributed by atoms with Crippen molar-refractivity contribution >= 4 is 27.5 Å². The molecule has 0 spiro atoms. The summed E-state index contributed by atoms with van der Waals surface area (Å²) < 4.78 is 26.6. The van der Waals surface area contributed by atoms with Gasteiger partial charge in [0.05, 0.1) is 5.56 Å². The quantitative estimate of drug-likeness (QED) is 0.762. The van der Waals surface area contributed by atoms with E-state index >= 15 is 0 Å². The molecule has 1 aromatic carbocycles. The molecule has 6 nitrogen and oxygen atoms in total. The molecule has 0 atom stereocenters. The van der Waals surface area contributed by atoms with Gasteiger partial charge in [0.15, 0.2) is 0 Å². The second-order valence-electron chi connectivity index (χ2n) is 4.72. The van der Waals surface area contributed by atoms with Gasteiger partial charge in [-0.3, -0.25) is 4.79 Å². The van der Waals surface area contributed by atoms with Crippen LogP contribution in [0.5, 0.6) is 0 Å². The number of amides is 1. The lowest BCUT2D eigenvalue weighted by atomic mass is 10.2. The maximum absolute atomic E-state index is 12.1. The van der Waals surface area contributed by atoms with Gasteiger partial charge in [-0.05, 0) is 31.0 Å². The predicted octanol–water partition coefficient (Wildman–Crippen LogP) is 1.02. The monoisotopic (exact) mass is 327 g/mol. The van der Waals surface area contributed by atoms with Crippen molar-refractivity contribution in [3.05, 3.63) is 28.8 Å². The van der Waals surface area contributed by atoms with Crippen molar-refractivity contribution in [2.24, 2.45) is 5.92 Å². The minimum absolute atomic E-state index is 0.0221. The number of sulfonamides is 1. The van der Waals surface area contributed by atoms with Gasteiger partial charge in [0.1, 0.15) is 11.0 Å². The van der Waals surface area contributed by atoms with Crippen molar-refractivity contribution in [2.75, 3.05) is 13.1 Å². The maximum atomic E-state index is 12.1. The van der Waals surface area contributed by atoms with Gasteiger partial charge in [0.2, 0.25) is 15.9 Å². The van der Waals surface area contributed by atoms with Crippen LogP contribution in [0.1, 0.15) is 18.4 Å². The minimum Gasteiger partial charge on any atom is -0.355 e. The van der Waals surface area contributed by atoms with Crippen LogP contribution < -0.4 is 10.0 Å². The van der Waals surface area contributed by atoms with Crippen LogP contribution >= 0.6 is 11.6 Å². The molecule has 112 valence electrons. The number of hydrogen-bond donors (Lipinski definition) is 2. The van der Waals surface area contributed by atoms with E-state index < -0.39 is 10.0 Å². The second-order valence-corrected chi connectivity index (χ2v) is 6.89. The summed E-state index contributed by atoms with van der Waals surface area (Å²) in [4.78, 5) is 11.2. The lowest BCUT2D eigenvalue weighted by Gasteiger charge is -2.09. The fourth-order valence-electron chi connectivity index (χ4n) is 1.75. The third-order valence-corrected chi connectivity index (χ3v) is 4.75. The summed E-state index contributed by atoms with van der Waals surface area (Å²) >= 11 is 5.77. The van der Waals surface area contributed by atoms with Gasteiger partial charge < -0.3 is 5.32 Å². The molecular formula is C13H14ClN3O3S. The van der Waals surface area contributed by atoms with E-state index in [4.69, 9.17) is 16.9 Å². The van der Waals surface area contributed by atoms with Crippen molar-refractivity contribution < 1.29 is 13.2 Å². The molecular weight excluding hydrogens is 314 g/mol. The molecule has 0 unspecified atom stereocenters. The Labute approximate surface area is 128 Å². The van der Waals surface area contributed by atoms with E-state index in [0.717, 1.165) is 12.8 Å². The first-order chi connectivity index (χ1) is 9.94. The van der Waals surface area contributed by atoms with E-state index in [2.05, 4.69) is 10.0 Å². The van der Waals surface area contributed by atoms with Crippen LogP contribution in [0.4, 0.5) is 0 Å². The van der Waals surface area contributed by atoms with Gasteiger partial charge in [-0.2, -0.15) is 5.26 Å². The molecule has 1 fully saturated rings. The Morgan fingerprint density at radius 2 is 2.10 bits per heavy atom. The maximum Gasteiger partial charge on any atom is 0.241 e. The Morgan fingerprint density at radius 3 is 2.71 bits per heavy atom. The molecule has 0 aromatic heterocycles. The third-order valence-electron chi connectivity index (χ3n) is 3.02. The van der Waals surface area contributed by atoms with Crippen molar-refractivity contribution in [3.63, 3.8) is 0 Å². The summed E-state index contributed by atoms with van der Waals surface area (Å²) in [5.74, 6) is 0.0365. The molecule has 0 bridgehead atoms. The van der Waals surface area contributed by atoms with E-state index in [1.54, 1.807) is 0 Å².